The Morgan fingerprint density at radius 3 is 2.61 bits per heavy atom. The van der Waals surface area contributed by atoms with Crippen molar-refractivity contribution in [3.05, 3.63) is 22.7 Å². The first-order valence-electron chi connectivity index (χ1n) is 7.61. The highest BCUT2D eigenvalue weighted by Crippen LogP contribution is 2.29. The predicted molar refractivity (Wildman–Crippen MR) is 91.7 cm³/mol. The van der Waals surface area contributed by atoms with Crippen molar-refractivity contribution < 1.29 is 14.1 Å². The van der Waals surface area contributed by atoms with Gasteiger partial charge in [0.1, 0.15) is 5.60 Å². The molecule has 0 saturated carbocycles. The van der Waals surface area contributed by atoms with E-state index >= 15 is 0 Å². The van der Waals surface area contributed by atoms with E-state index < -0.39 is 5.60 Å². The maximum Gasteiger partial charge on any atom is 0.410 e. The van der Waals surface area contributed by atoms with Crippen LogP contribution in [0.25, 0.3) is 11.0 Å². The van der Waals surface area contributed by atoms with Crippen molar-refractivity contribution in [1.29, 1.82) is 0 Å². The summed E-state index contributed by atoms with van der Waals surface area (Å²) in [5, 5.41) is 5.16. The molecule has 1 amide bonds. The molecule has 3 rings (SSSR count). The van der Waals surface area contributed by atoms with Gasteiger partial charge in [0.25, 0.3) is 0 Å². The topological polar surface area (TPSA) is 58.8 Å². The van der Waals surface area contributed by atoms with Gasteiger partial charge in [-0.25, -0.2) is 4.79 Å². The van der Waals surface area contributed by atoms with E-state index in [0.29, 0.717) is 26.2 Å². The number of hydrogen-bond donors (Lipinski definition) is 0. The summed E-state index contributed by atoms with van der Waals surface area (Å²) >= 11 is 3.47. The van der Waals surface area contributed by atoms with E-state index in [4.69, 9.17) is 9.26 Å². The molecule has 1 fully saturated rings. The molecule has 124 valence electrons. The second-order valence-electron chi connectivity index (χ2n) is 6.60. The van der Waals surface area contributed by atoms with Crippen LogP contribution in [0.1, 0.15) is 20.8 Å². The second kappa shape index (κ2) is 6.03. The maximum absolute atomic E-state index is 12.1. The van der Waals surface area contributed by atoms with Crippen molar-refractivity contribution in [2.45, 2.75) is 26.4 Å². The Kier molecular flexibility index (Phi) is 4.23. The molecule has 1 aliphatic heterocycles. The van der Waals surface area contributed by atoms with Crippen molar-refractivity contribution in [1.82, 2.24) is 10.1 Å². The molecule has 0 atom stereocenters. The molecule has 1 aliphatic rings. The van der Waals surface area contributed by atoms with Gasteiger partial charge in [-0.3, -0.25) is 0 Å². The third-order valence-corrected chi connectivity index (χ3v) is 4.14. The molecule has 1 aromatic heterocycles. The van der Waals surface area contributed by atoms with E-state index in [0.717, 1.165) is 21.3 Å². The summed E-state index contributed by atoms with van der Waals surface area (Å²) in [4.78, 5) is 16.0. The smallest absolute Gasteiger partial charge is 0.410 e. The molecule has 0 radical (unpaired) electrons. The molecular formula is C16H20BrN3O3. The zero-order chi connectivity index (χ0) is 16.6. The molecule has 2 aromatic rings. The van der Waals surface area contributed by atoms with Crippen LogP contribution in [0.4, 0.5) is 10.6 Å². The number of fused-ring (bicyclic) bond motifs is 1. The fourth-order valence-corrected chi connectivity index (χ4v) is 2.91. The maximum atomic E-state index is 12.1. The second-order valence-corrected chi connectivity index (χ2v) is 7.52. The van der Waals surface area contributed by atoms with E-state index in [9.17, 15) is 4.79 Å². The van der Waals surface area contributed by atoms with Crippen molar-refractivity contribution >= 4 is 38.8 Å². The fourth-order valence-electron chi connectivity index (χ4n) is 2.55. The van der Waals surface area contributed by atoms with Crippen molar-refractivity contribution in [3.8, 4) is 0 Å². The number of nitrogens with zero attached hydrogens (tertiary/aromatic N) is 3. The highest BCUT2D eigenvalue weighted by Gasteiger charge is 2.27. The highest BCUT2D eigenvalue weighted by molar-refractivity contribution is 9.10. The number of ether oxygens (including phenoxy) is 1. The van der Waals surface area contributed by atoms with Crippen molar-refractivity contribution in [3.63, 3.8) is 0 Å². The summed E-state index contributed by atoms with van der Waals surface area (Å²) in [6.07, 6.45) is -0.259. The number of carbonyl (C=O) groups is 1. The first-order chi connectivity index (χ1) is 10.8. The molecule has 0 N–H and O–H groups in total. The third kappa shape index (κ3) is 3.60. The summed E-state index contributed by atoms with van der Waals surface area (Å²) in [6, 6.07) is 5.83. The zero-order valence-electron chi connectivity index (χ0n) is 13.5. The number of aromatic nitrogens is 1. The number of rotatable bonds is 1. The van der Waals surface area contributed by atoms with Crippen LogP contribution in [-0.2, 0) is 4.74 Å². The molecule has 0 unspecified atom stereocenters. The molecule has 0 bridgehead atoms. The van der Waals surface area contributed by atoms with E-state index in [-0.39, 0.29) is 6.09 Å². The van der Waals surface area contributed by atoms with Gasteiger partial charge in [0.2, 0.25) is 0 Å². The summed E-state index contributed by atoms with van der Waals surface area (Å²) < 4.78 is 11.8. The molecule has 2 heterocycles. The number of halogens is 1. The van der Waals surface area contributed by atoms with Crippen LogP contribution >= 0.6 is 15.9 Å². The average molecular weight is 382 g/mol. The fraction of sp³-hybridized carbons (Fsp3) is 0.500. The molecule has 6 nitrogen and oxygen atoms in total. The summed E-state index contributed by atoms with van der Waals surface area (Å²) in [5.74, 6) is 0.824. The minimum absolute atomic E-state index is 0.259. The zero-order valence-corrected chi connectivity index (χ0v) is 15.1. The van der Waals surface area contributed by atoms with E-state index in [1.54, 1.807) is 4.90 Å². The van der Waals surface area contributed by atoms with Gasteiger partial charge >= 0.3 is 6.09 Å². The van der Waals surface area contributed by atoms with Gasteiger partial charge in [0.15, 0.2) is 11.4 Å². The number of carbonyl (C=O) groups excluding carboxylic acids is 1. The van der Waals surface area contributed by atoms with Crippen LogP contribution < -0.4 is 4.90 Å². The van der Waals surface area contributed by atoms with Crippen LogP contribution in [0.5, 0.6) is 0 Å². The van der Waals surface area contributed by atoms with Gasteiger partial charge in [0, 0.05) is 30.7 Å². The molecular weight excluding hydrogens is 362 g/mol. The minimum Gasteiger partial charge on any atom is -0.444 e. The Morgan fingerprint density at radius 2 is 1.96 bits per heavy atom. The monoisotopic (exact) mass is 381 g/mol. The summed E-state index contributed by atoms with van der Waals surface area (Å²) in [5.41, 5.74) is 0.292. The predicted octanol–water partition coefficient (Wildman–Crippen LogP) is 3.65. The van der Waals surface area contributed by atoms with Gasteiger partial charge < -0.3 is 19.1 Å². The highest BCUT2D eigenvalue weighted by atomic mass is 79.9. The lowest BCUT2D eigenvalue weighted by molar-refractivity contribution is 0.0240. The Bertz CT molecular complexity index is 715. The van der Waals surface area contributed by atoms with E-state index in [1.165, 1.54) is 0 Å². The van der Waals surface area contributed by atoms with Crippen LogP contribution in [0, 0.1) is 0 Å². The lowest BCUT2D eigenvalue weighted by Gasteiger charge is -2.35. The number of piperazine rings is 1. The van der Waals surface area contributed by atoms with Crippen molar-refractivity contribution in [2.24, 2.45) is 0 Å². The largest absolute Gasteiger partial charge is 0.444 e. The third-order valence-electron chi connectivity index (χ3n) is 3.64. The van der Waals surface area contributed by atoms with Gasteiger partial charge in [-0.1, -0.05) is 21.1 Å². The molecule has 1 aromatic carbocycles. The Balaban J connectivity index is 1.69. The molecule has 0 spiro atoms. The lowest BCUT2D eigenvalue weighted by Crippen LogP contribution is -2.50. The van der Waals surface area contributed by atoms with Gasteiger partial charge in [0.05, 0.1) is 5.39 Å². The normalized spacial score (nSPS) is 16.0. The van der Waals surface area contributed by atoms with Gasteiger partial charge in [-0.15, -0.1) is 0 Å². The lowest BCUT2D eigenvalue weighted by atomic mass is 10.2. The SMILES string of the molecule is CC(C)(C)OC(=O)N1CCN(c2noc3ccc(Br)cc23)CC1. The Morgan fingerprint density at radius 1 is 1.26 bits per heavy atom. The van der Waals surface area contributed by atoms with E-state index in [2.05, 4.69) is 26.0 Å². The summed E-state index contributed by atoms with van der Waals surface area (Å²) in [6.45, 7) is 8.25. The van der Waals surface area contributed by atoms with Crippen LogP contribution in [0.3, 0.4) is 0 Å². The first-order valence-corrected chi connectivity index (χ1v) is 8.40. The first kappa shape index (κ1) is 16.1. The minimum atomic E-state index is -0.469. The molecule has 0 aliphatic carbocycles. The van der Waals surface area contributed by atoms with E-state index in [1.807, 2.05) is 39.0 Å². The standard InChI is InChI=1S/C16H20BrN3O3/c1-16(2,3)22-15(21)20-8-6-19(7-9-20)14-12-10-11(17)4-5-13(12)23-18-14/h4-5,10H,6-9H2,1-3H3. The number of anilines is 1. The number of benzene rings is 1. The average Bonchev–Trinajstić information content (AvgIpc) is 2.88. The molecule has 1 saturated heterocycles. The number of hydrogen-bond acceptors (Lipinski definition) is 5. The van der Waals surface area contributed by atoms with Crippen molar-refractivity contribution in [2.75, 3.05) is 31.1 Å². The Hall–Kier alpha value is -1.76. The van der Waals surface area contributed by atoms with Crippen LogP contribution in [0.2, 0.25) is 0 Å². The van der Waals surface area contributed by atoms with Crippen LogP contribution in [-0.4, -0.2) is 47.9 Å². The van der Waals surface area contributed by atoms with Gasteiger partial charge in [-0.05, 0) is 39.0 Å². The Labute approximate surface area is 143 Å². The summed E-state index contributed by atoms with van der Waals surface area (Å²) in [7, 11) is 0. The van der Waals surface area contributed by atoms with Gasteiger partial charge in [-0.2, -0.15) is 0 Å². The number of amides is 1. The quantitative estimate of drug-likeness (QED) is 0.754. The molecule has 23 heavy (non-hydrogen) atoms. The molecule has 7 heteroatoms. The van der Waals surface area contributed by atoms with Crippen LogP contribution in [0.15, 0.2) is 27.2 Å².